The summed E-state index contributed by atoms with van der Waals surface area (Å²) in [4.78, 5) is 0. The minimum absolute atomic E-state index is 1.04. The summed E-state index contributed by atoms with van der Waals surface area (Å²) >= 11 is 0. The Hall–Kier alpha value is -0.200. The van der Waals surface area contributed by atoms with Crippen LogP contribution in [0.5, 0.6) is 0 Å². The molecule has 0 aromatic carbocycles. The Labute approximate surface area is 100 Å². The third kappa shape index (κ3) is 13.8. The topological polar surface area (TPSA) is 60.1 Å². The van der Waals surface area contributed by atoms with E-state index >= 15 is 0 Å². The third-order valence-corrected chi connectivity index (χ3v) is 2.29. The Morgan fingerprint density at radius 2 is 0.875 bits per heavy atom. The van der Waals surface area contributed by atoms with Gasteiger partial charge in [-0.2, -0.15) is 0 Å². The number of rotatable bonds is 13. The lowest BCUT2D eigenvalue weighted by atomic mass is 10.4. The highest BCUT2D eigenvalue weighted by atomic mass is 15.0. The van der Waals surface area contributed by atoms with Crippen LogP contribution in [0, 0.1) is 0 Å². The first-order chi connectivity index (χ1) is 7.91. The Morgan fingerprint density at radius 1 is 0.500 bits per heavy atom. The van der Waals surface area contributed by atoms with E-state index in [1.54, 1.807) is 0 Å². The van der Waals surface area contributed by atoms with Gasteiger partial charge >= 0.3 is 0 Å². The van der Waals surface area contributed by atoms with E-state index in [2.05, 4.69) is 26.6 Å². The average molecular weight is 231 g/mol. The van der Waals surface area contributed by atoms with Gasteiger partial charge in [0.05, 0.1) is 0 Å². The van der Waals surface area contributed by atoms with Crippen LogP contribution >= 0.6 is 0 Å². The molecule has 0 aromatic rings. The van der Waals surface area contributed by atoms with Gasteiger partial charge in [-0.15, -0.1) is 0 Å². The minimum atomic E-state index is 1.04. The molecular formula is C11H29N5. The van der Waals surface area contributed by atoms with Crippen molar-refractivity contribution in [3.63, 3.8) is 0 Å². The van der Waals surface area contributed by atoms with E-state index in [4.69, 9.17) is 0 Å². The van der Waals surface area contributed by atoms with Crippen LogP contribution in [0.1, 0.15) is 6.42 Å². The van der Waals surface area contributed by atoms with Crippen LogP contribution in [-0.4, -0.2) is 66.5 Å². The Kier molecular flexibility index (Phi) is 14.6. The van der Waals surface area contributed by atoms with E-state index in [1.807, 2.05) is 14.1 Å². The van der Waals surface area contributed by atoms with Crippen LogP contribution in [-0.2, 0) is 0 Å². The van der Waals surface area contributed by atoms with Crippen molar-refractivity contribution in [2.24, 2.45) is 0 Å². The molecular weight excluding hydrogens is 202 g/mol. The standard InChI is InChI=1S/C11H29N5/c1-12-6-8-14-4-3-5-15-10-11-16-9-7-13-2/h12-16H,3-11H2,1-2H3. The fourth-order valence-electron chi connectivity index (χ4n) is 1.32. The summed E-state index contributed by atoms with van der Waals surface area (Å²) < 4.78 is 0. The summed E-state index contributed by atoms with van der Waals surface area (Å²) in [6.07, 6.45) is 1.19. The van der Waals surface area contributed by atoms with Crippen LogP contribution in [0.25, 0.3) is 0 Å². The van der Waals surface area contributed by atoms with E-state index in [1.165, 1.54) is 6.42 Å². The maximum absolute atomic E-state index is 3.41. The molecule has 0 rings (SSSR count). The van der Waals surface area contributed by atoms with E-state index < -0.39 is 0 Å². The highest BCUT2D eigenvalue weighted by molar-refractivity contribution is 4.55. The second-order valence-corrected chi connectivity index (χ2v) is 3.81. The van der Waals surface area contributed by atoms with Crippen molar-refractivity contribution in [3.8, 4) is 0 Å². The second kappa shape index (κ2) is 14.8. The SMILES string of the molecule is CNCCNCCCNCCNCCNC. The lowest BCUT2D eigenvalue weighted by molar-refractivity contribution is 0.565. The molecule has 0 aliphatic heterocycles. The third-order valence-electron chi connectivity index (χ3n) is 2.29. The van der Waals surface area contributed by atoms with Gasteiger partial charge in [0, 0.05) is 39.3 Å². The van der Waals surface area contributed by atoms with Crippen LogP contribution in [0.3, 0.4) is 0 Å². The van der Waals surface area contributed by atoms with Crippen molar-refractivity contribution in [2.75, 3.05) is 66.5 Å². The van der Waals surface area contributed by atoms with Crippen molar-refractivity contribution in [1.82, 2.24) is 26.6 Å². The smallest absolute Gasteiger partial charge is 0.00772 e. The van der Waals surface area contributed by atoms with Crippen molar-refractivity contribution in [2.45, 2.75) is 6.42 Å². The Balaban J connectivity index is 2.83. The van der Waals surface area contributed by atoms with Gasteiger partial charge in [-0.1, -0.05) is 0 Å². The predicted molar refractivity (Wildman–Crippen MR) is 71.1 cm³/mol. The van der Waals surface area contributed by atoms with Gasteiger partial charge in [-0.3, -0.25) is 0 Å². The molecule has 0 heterocycles. The molecule has 0 aliphatic carbocycles. The monoisotopic (exact) mass is 231 g/mol. The molecule has 0 amide bonds. The van der Waals surface area contributed by atoms with Gasteiger partial charge in [-0.25, -0.2) is 0 Å². The summed E-state index contributed by atoms with van der Waals surface area (Å²) in [6, 6.07) is 0. The van der Waals surface area contributed by atoms with Crippen LogP contribution in [0.15, 0.2) is 0 Å². The molecule has 98 valence electrons. The fourth-order valence-corrected chi connectivity index (χ4v) is 1.32. The first-order valence-corrected chi connectivity index (χ1v) is 6.33. The molecule has 0 saturated heterocycles. The van der Waals surface area contributed by atoms with Gasteiger partial charge in [0.2, 0.25) is 0 Å². The second-order valence-electron chi connectivity index (χ2n) is 3.81. The van der Waals surface area contributed by atoms with Crippen molar-refractivity contribution in [3.05, 3.63) is 0 Å². The minimum Gasteiger partial charge on any atom is -0.318 e. The lowest BCUT2D eigenvalue weighted by Gasteiger charge is -2.07. The van der Waals surface area contributed by atoms with Gasteiger partial charge in [0.1, 0.15) is 0 Å². The fraction of sp³-hybridized carbons (Fsp3) is 1.00. The number of hydrogen-bond donors (Lipinski definition) is 5. The number of likely N-dealkylation sites (N-methyl/N-ethyl adjacent to an activating group) is 2. The summed E-state index contributed by atoms with van der Waals surface area (Å²) in [7, 11) is 3.95. The summed E-state index contributed by atoms with van der Waals surface area (Å²) in [6.45, 7) is 8.49. The largest absolute Gasteiger partial charge is 0.318 e. The molecule has 0 aliphatic rings. The molecule has 0 saturated carbocycles. The molecule has 0 radical (unpaired) electrons. The first-order valence-electron chi connectivity index (χ1n) is 6.33. The van der Waals surface area contributed by atoms with Crippen LogP contribution in [0.4, 0.5) is 0 Å². The molecule has 16 heavy (non-hydrogen) atoms. The van der Waals surface area contributed by atoms with E-state index in [0.29, 0.717) is 0 Å². The molecule has 0 fully saturated rings. The zero-order chi connectivity index (χ0) is 11.9. The molecule has 5 heteroatoms. The van der Waals surface area contributed by atoms with Crippen molar-refractivity contribution in [1.29, 1.82) is 0 Å². The zero-order valence-electron chi connectivity index (χ0n) is 10.9. The van der Waals surface area contributed by atoms with Crippen LogP contribution in [0.2, 0.25) is 0 Å². The normalized spacial score (nSPS) is 10.9. The predicted octanol–water partition coefficient (Wildman–Crippen LogP) is -1.42. The van der Waals surface area contributed by atoms with Gasteiger partial charge in [0.25, 0.3) is 0 Å². The van der Waals surface area contributed by atoms with Crippen molar-refractivity contribution < 1.29 is 0 Å². The van der Waals surface area contributed by atoms with E-state index in [-0.39, 0.29) is 0 Å². The first kappa shape index (κ1) is 15.8. The van der Waals surface area contributed by atoms with Gasteiger partial charge < -0.3 is 26.6 Å². The Morgan fingerprint density at radius 3 is 1.31 bits per heavy atom. The molecule has 0 spiro atoms. The summed E-state index contributed by atoms with van der Waals surface area (Å²) in [5, 5.41) is 16.4. The van der Waals surface area contributed by atoms with Crippen molar-refractivity contribution >= 4 is 0 Å². The molecule has 0 atom stereocenters. The average Bonchev–Trinajstić information content (AvgIpc) is 2.31. The zero-order valence-corrected chi connectivity index (χ0v) is 10.9. The quantitative estimate of drug-likeness (QED) is 0.252. The molecule has 0 bridgehead atoms. The molecule has 0 aromatic heterocycles. The number of hydrogen-bond acceptors (Lipinski definition) is 5. The van der Waals surface area contributed by atoms with E-state index in [0.717, 1.165) is 52.4 Å². The van der Waals surface area contributed by atoms with E-state index in [9.17, 15) is 0 Å². The molecule has 5 nitrogen and oxygen atoms in total. The summed E-state index contributed by atoms with van der Waals surface area (Å²) in [5.41, 5.74) is 0. The summed E-state index contributed by atoms with van der Waals surface area (Å²) in [5.74, 6) is 0. The maximum Gasteiger partial charge on any atom is 0.00772 e. The number of nitrogens with one attached hydrogen (secondary N) is 5. The highest BCUT2D eigenvalue weighted by Gasteiger charge is 1.89. The van der Waals surface area contributed by atoms with Crippen LogP contribution < -0.4 is 26.6 Å². The van der Waals surface area contributed by atoms with Gasteiger partial charge in [-0.05, 0) is 33.6 Å². The maximum atomic E-state index is 3.41. The Bertz CT molecular complexity index is 107. The van der Waals surface area contributed by atoms with Gasteiger partial charge in [0.15, 0.2) is 0 Å². The molecule has 5 N–H and O–H groups in total. The highest BCUT2D eigenvalue weighted by Crippen LogP contribution is 1.72. The lowest BCUT2D eigenvalue weighted by Crippen LogP contribution is -2.33. The molecule has 0 unspecified atom stereocenters.